The van der Waals surface area contributed by atoms with Gasteiger partial charge in [0.15, 0.2) is 0 Å². The lowest BCUT2D eigenvalue weighted by molar-refractivity contribution is 0.599. The van der Waals surface area contributed by atoms with E-state index in [2.05, 4.69) is 14.7 Å². The molecule has 0 aliphatic carbocycles. The SMILES string of the molecule is O=S(=O)(Nc1ccc(-c2nc3cccnc3s2)cc1)c1ccc(F)c(Cl)c1. The Morgan fingerprint density at radius 3 is 2.56 bits per heavy atom. The van der Waals surface area contributed by atoms with Crippen LogP contribution in [0, 0.1) is 5.82 Å². The van der Waals surface area contributed by atoms with Gasteiger partial charge in [-0.15, -0.1) is 0 Å². The van der Waals surface area contributed by atoms with Crippen molar-refractivity contribution >= 4 is 49.0 Å². The van der Waals surface area contributed by atoms with E-state index in [1.165, 1.54) is 11.3 Å². The van der Waals surface area contributed by atoms with Crippen LogP contribution in [0.15, 0.2) is 65.7 Å². The summed E-state index contributed by atoms with van der Waals surface area (Å²) in [7, 11) is -3.87. The number of benzene rings is 2. The second-order valence-corrected chi connectivity index (χ2v) is 8.67. The van der Waals surface area contributed by atoms with Crippen LogP contribution in [0.4, 0.5) is 10.1 Å². The highest BCUT2D eigenvalue weighted by Crippen LogP contribution is 2.30. The van der Waals surface area contributed by atoms with Gasteiger partial charge in [-0.25, -0.2) is 22.8 Å². The molecular weight excluding hydrogens is 409 g/mol. The van der Waals surface area contributed by atoms with Crippen molar-refractivity contribution in [3.63, 3.8) is 0 Å². The fourth-order valence-electron chi connectivity index (χ4n) is 2.43. The van der Waals surface area contributed by atoms with E-state index in [9.17, 15) is 12.8 Å². The van der Waals surface area contributed by atoms with Gasteiger partial charge in [0.2, 0.25) is 0 Å². The van der Waals surface area contributed by atoms with Crippen LogP contribution >= 0.6 is 22.9 Å². The van der Waals surface area contributed by atoms with Crippen LogP contribution in [0.25, 0.3) is 20.9 Å². The number of sulfonamides is 1. The number of fused-ring (bicyclic) bond motifs is 1. The van der Waals surface area contributed by atoms with Crippen molar-refractivity contribution in [2.75, 3.05) is 4.72 Å². The number of hydrogen-bond donors (Lipinski definition) is 1. The molecule has 0 bridgehead atoms. The maximum atomic E-state index is 13.2. The molecule has 0 unspecified atom stereocenters. The van der Waals surface area contributed by atoms with Gasteiger partial charge in [-0.2, -0.15) is 0 Å². The van der Waals surface area contributed by atoms with Gasteiger partial charge in [-0.1, -0.05) is 22.9 Å². The molecular formula is C18H11ClFN3O2S2. The maximum Gasteiger partial charge on any atom is 0.261 e. The van der Waals surface area contributed by atoms with Crippen molar-refractivity contribution in [2.24, 2.45) is 0 Å². The highest BCUT2D eigenvalue weighted by molar-refractivity contribution is 7.92. The summed E-state index contributed by atoms with van der Waals surface area (Å²) in [5, 5.41) is 0.543. The van der Waals surface area contributed by atoms with Crippen LogP contribution < -0.4 is 4.72 Å². The Kier molecular flexibility index (Phi) is 4.55. The van der Waals surface area contributed by atoms with Crippen molar-refractivity contribution in [1.29, 1.82) is 0 Å². The molecule has 2 heterocycles. The summed E-state index contributed by atoms with van der Waals surface area (Å²) in [6.07, 6.45) is 1.71. The number of hydrogen-bond acceptors (Lipinski definition) is 5. The molecule has 0 saturated heterocycles. The summed E-state index contributed by atoms with van der Waals surface area (Å²) in [5.74, 6) is -0.676. The molecule has 2 aromatic carbocycles. The van der Waals surface area contributed by atoms with Gasteiger partial charge in [0.25, 0.3) is 10.0 Å². The average Bonchev–Trinajstić information content (AvgIpc) is 3.08. The summed E-state index contributed by atoms with van der Waals surface area (Å²) in [6.45, 7) is 0. The van der Waals surface area contributed by atoms with Crippen LogP contribution in [-0.4, -0.2) is 18.4 Å². The summed E-state index contributed by atoms with van der Waals surface area (Å²) in [6, 6.07) is 13.8. The molecule has 1 N–H and O–H groups in total. The first-order valence-corrected chi connectivity index (χ1v) is 10.4. The summed E-state index contributed by atoms with van der Waals surface area (Å²) in [5.41, 5.74) is 2.04. The maximum absolute atomic E-state index is 13.2. The standard InChI is InChI=1S/C18H11ClFN3O2S2/c19-14-10-13(7-8-15(14)20)27(24,25)23-12-5-3-11(4-6-12)17-22-16-2-1-9-21-18(16)26-17/h1-10,23H. The van der Waals surface area contributed by atoms with E-state index in [1.54, 1.807) is 30.5 Å². The lowest BCUT2D eigenvalue weighted by Gasteiger charge is -2.09. The van der Waals surface area contributed by atoms with Gasteiger partial charge in [0, 0.05) is 17.4 Å². The van der Waals surface area contributed by atoms with Gasteiger partial charge < -0.3 is 0 Å². The second-order valence-electron chi connectivity index (χ2n) is 5.61. The summed E-state index contributed by atoms with van der Waals surface area (Å²) >= 11 is 7.12. The lowest BCUT2D eigenvalue weighted by Crippen LogP contribution is -2.13. The smallest absolute Gasteiger partial charge is 0.261 e. The molecule has 0 spiro atoms. The summed E-state index contributed by atoms with van der Waals surface area (Å²) < 4.78 is 40.5. The molecule has 136 valence electrons. The molecule has 0 fully saturated rings. The zero-order chi connectivity index (χ0) is 19.0. The Morgan fingerprint density at radius 1 is 1.07 bits per heavy atom. The quantitative estimate of drug-likeness (QED) is 0.508. The van der Waals surface area contributed by atoms with E-state index in [4.69, 9.17) is 11.6 Å². The van der Waals surface area contributed by atoms with E-state index in [1.807, 2.05) is 12.1 Å². The molecule has 2 aromatic heterocycles. The fraction of sp³-hybridized carbons (Fsp3) is 0. The number of aromatic nitrogens is 2. The molecule has 0 aliphatic heterocycles. The Bertz CT molecular complexity index is 1210. The summed E-state index contributed by atoms with van der Waals surface area (Å²) in [4.78, 5) is 9.51. The first-order valence-electron chi connectivity index (χ1n) is 7.72. The first kappa shape index (κ1) is 17.8. The Balaban J connectivity index is 1.59. The molecule has 9 heteroatoms. The monoisotopic (exact) mass is 419 g/mol. The average molecular weight is 420 g/mol. The van der Waals surface area contributed by atoms with Crippen molar-refractivity contribution in [2.45, 2.75) is 4.90 Å². The van der Waals surface area contributed by atoms with Crippen molar-refractivity contribution in [3.05, 3.63) is 71.6 Å². The van der Waals surface area contributed by atoms with Crippen molar-refractivity contribution < 1.29 is 12.8 Å². The molecule has 4 rings (SSSR count). The van der Waals surface area contributed by atoms with Gasteiger partial charge in [-0.05, 0) is 54.6 Å². The topological polar surface area (TPSA) is 72.0 Å². The van der Waals surface area contributed by atoms with Crippen molar-refractivity contribution in [1.82, 2.24) is 9.97 Å². The minimum absolute atomic E-state index is 0.116. The third kappa shape index (κ3) is 3.64. The number of nitrogens with one attached hydrogen (secondary N) is 1. The van der Waals surface area contributed by atoms with Crippen LogP contribution in [0.1, 0.15) is 0 Å². The highest BCUT2D eigenvalue weighted by Gasteiger charge is 2.16. The van der Waals surface area contributed by atoms with Crippen LogP contribution in [0.5, 0.6) is 0 Å². The van der Waals surface area contributed by atoms with Gasteiger partial charge in [-0.3, -0.25) is 4.72 Å². The number of thiazole rings is 1. The molecule has 0 radical (unpaired) electrons. The van der Waals surface area contributed by atoms with Gasteiger partial charge >= 0.3 is 0 Å². The van der Waals surface area contributed by atoms with Gasteiger partial charge in [0.1, 0.15) is 21.2 Å². The number of anilines is 1. The Morgan fingerprint density at radius 2 is 1.85 bits per heavy atom. The molecule has 27 heavy (non-hydrogen) atoms. The Hall–Kier alpha value is -2.55. The minimum atomic E-state index is -3.87. The number of pyridine rings is 1. The first-order chi connectivity index (χ1) is 12.9. The lowest BCUT2D eigenvalue weighted by atomic mass is 10.2. The third-order valence-electron chi connectivity index (χ3n) is 3.75. The fourth-order valence-corrected chi connectivity index (χ4v) is 4.67. The molecule has 0 saturated carbocycles. The van der Waals surface area contributed by atoms with Crippen molar-refractivity contribution in [3.8, 4) is 10.6 Å². The van der Waals surface area contributed by atoms with Crippen LogP contribution in [0.2, 0.25) is 5.02 Å². The predicted octanol–water partition coefficient (Wildman–Crippen LogP) is 4.95. The van der Waals surface area contributed by atoms with Gasteiger partial charge in [0.05, 0.1) is 9.92 Å². The third-order valence-corrected chi connectivity index (χ3v) is 6.45. The molecule has 0 atom stereocenters. The van der Waals surface area contributed by atoms with E-state index >= 15 is 0 Å². The Labute approximate surface area is 163 Å². The molecule has 0 aliphatic rings. The van der Waals surface area contributed by atoms with Crippen LogP contribution in [0.3, 0.4) is 0 Å². The van der Waals surface area contributed by atoms with E-state index < -0.39 is 15.8 Å². The number of rotatable bonds is 4. The molecule has 0 amide bonds. The number of halogens is 2. The largest absolute Gasteiger partial charge is 0.280 e. The molecule has 5 nitrogen and oxygen atoms in total. The van der Waals surface area contributed by atoms with E-state index in [0.29, 0.717) is 5.69 Å². The molecule has 4 aromatic rings. The second kappa shape index (κ2) is 6.88. The van der Waals surface area contributed by atoms with E-state index in [-0.39, 0.29) is 9.92 Å². The predicted molar refractivity (Wildman–Crippen MR) is 105 cm³/mol. The van der Waals surface area contributed by atoms with E-state index in [0.717, 1.165) is 39.1 Å². The number of nitrogens with zero attached hydrogens (tertiary/aromatic N) is 2. The van der Waals surface area contributed by atoms with Crippen LogP contribution in [-0.2, 0) is 10.0 Å². The zero-order valence-electron chi connectivity index (χ0n) is 13.6. The zero-order valence-corrected chi connectivity index (χ0v) is 15.9. The minimum Gasteiger partial charge on any atom is -0.280 e. The highest BCUT2D eigenvalue weighted by atomic mass is 35.5. The normalized spacial score (nSPS) is 11.6.